The molecule has 0 spiro atoms. The molecule has 0 aliphatic carbocycles. The molecule has 2 rings (SSSR count). The van der Waals surface area contributed by atoms with Crippen LogP contribution in [0.15, 0.2) is 36.5 Å². The molecule has 1 heterocycles. The maximum Gasteiger partial charge on any atom is 0.309 e. The summed E-state index contributed by atoms with van der Waals surface area (Å²) in [5, 5.41) is 10.1. The normalized spacial score (nSPS) is 13.8. The summed E-state index contributed by atoms with van der Waals surface area (Å²) in [4.78, 5) is 29.2. The van der Waals surface area contributed by atoms with Crippen molar-refractivity contribution in [3.8, 4) is 17.2 Å². The van der Waals surface area contributed by atoms with Crippen molar-refractivity contribution in [2.45, 2.75) is 59.2 Å². The molecule has 1 aromatic carbocycles. The first-order valence-corrected chi connectivity index (χ1v) is 11.1. The van der Waals surface area contributed by atoms with Crippen molar-refractivity contribution in [1.82, 2.24) is 4.98 Å². The van der Waals surface area contributed by atoms with Crippen LogP contribution in [0, 0.1) is 17.7 Å². The van der Waals surface area contributed by atoms with E-state index in [1.54, 1.807) is 26.0 Å². The van der Waals surface area contributed by atoms with Crippen molar-refractivity contribution >= 4 is 11.8 Å². The molecular formula is C25H32FNO6. The summed E-state index contributed by atoms with van der Waals surface area (Å²) in [6.07, 6.45) is 1.60. The van der Waals surface area contributed by atoms with Gasteiger partial charge in [0.2, 0.25) is 0 Å². The molecule has 0 aliphatic heterocycles. The highest BCUT2D eigenvalue weighted by molar-refractivity contribution is 5.99. The summed E-state index contributed by atoms with van der Waals surface area (Å²) in [6.45, 7) is 7.33. The van der Waals surface area contributed by atoms with Gasteiger partial charge in [0, 0.05) is 24.8 Å². The molecule has 7 nitrogen and oxygen atoms in total. The molecule has 0 saturated heterocycles. The second-order valence-electron chi connectivity index (χ2n) is 8.00. The average molecular weight is 462 g/mol. The fourth-order valence-electron chi connectivity index (χ4n) is 3.66. The molecule has 8 heteroatoms. The first-order chi connectivity index (χ1) is 15.7. The summed E-state index contributed by atoms with van der Waals surface area (Å²) in [6, 6.07) is 7.26. The predicted molar refractivity (Wildman–Crippen MR) is 121 cm³/mol. The van der Waals surface area contributed by atoms with Crippen LogP contribution >= 0.6 is 0 Å². The molecule has 0 unspecified atom stereocenters. The summed E-state index contributed by atoms with van der Waals surface area (Å²) < 4.78 is 30.3. The standard InChI is InChI=1S/C25H32FNO6/c1-6-17(7-2)24(33-19-10-8-9-18(26)14-19)16(4)32-25(30)15(3)13-20(28)22-23(29)21(31-5)11-12-27-22/h8-12,14-17,24,29H,6-7,13H2,1-5H3/t15-,16+,24-/m1/s1. The number of Topliss-reactive ketones (excluding diaryl/α,β-unsaturated/α-hetero) is 1. The van der Waals surface area contributed by atoms with Crippen LogP contribution in [0.4, 0.5) is 4.39 Å². The van der Waals surface area contributed by atoms with Crippen molar-refractivity contribution in [2.75, 3.05) is 7.11 Å². The summed E-state index contributed by atoms with van der Waals surface area (Å²) in [7, 11) is 1.37. The Morgan fingerprint density at radius 3 is 2.45 bits per heavy atom. The minimum absolute atomic E-state index is 0.0749. The van der Waals surface area contributed by atoms with Gasteiger partial charge in [-0.25, -0.2) is 9.37 Å². The zero-order chi connectivity index (χ0) is 24.5. The van der Waals surface area contributed by atoms with Gasteiger partial charge in [0.05, 0.1) is 13.0 Å². The van der Waals surface area contributed by atoms with Gasteiger partial charge in [-0.1, -0.05) is 26.8 Å². The number of benzene rings is 1. The molecule has 2 aromatic rings. The van der Waals surface area contributed by atoms with Gasteiger partial charge in [-0.05, 0) is 37.8 Å². The number of halogens is 1. The van der Waals surface area contributed by atoms with Gasteiger partial charge in [-0.15, -0.1) is 0 Å². The van der Waals surface area contributed by atoms with E-state index in [4.69, 9.17) is 14.2 Å². The number of methoxy groups -OCH3 is 1. The predicted octanol–water partition coefficient (Wildman–Crippen LogP) is 4.96. The Labute approximate surface area is 193 Å². The van der Waals surface area contributed by atoms with Crippen molar-refractivity contribution < 1.29 is 33.3 Å². The molecule has 0 amide bonds. The fraction of sp³-hybridized carbons (Fsp3) is 0.480. The zero-order valence-electron chi connectivity index (χ0n) is 19.7. The third kappa shape index (κ3) is 6.91. The number of hydrogen-bond acceptors (Lipinski definition) is 7. The molecule has 3 atom stereocenters. The molecule has 1 aromatic heterocycles. The van der Waals surface area contributed by atoms with E-state index in [0.717, 1.165) is 12.8 Å². The Bertz CT molecular complexity index is 946. The number of esters is 1. The van der Waals surface area contributed by atoms with E-state index in [1.165, 1.54) is 31.5 Å². The van der Waals surface area contributed by atoms with E-state index in [9.17, 15) is 19.1 Å². The van der Waals surface area contributed by atoms with Crippen LogP contribution in [0.5, 0.6) is 17.2 Å². The Kier molecular flexibility index (Phi) is 9.63. The van der Waals surface area contributed by atoms with E-state index < -0.39 is 35.7 Å². The molecule has 180 valence electrons. The SMILES string of the molecule is CCC(CC)[C@H](Oc1cccc(F)c1)[C@H](C)OC(=O)[C@H](C)CC(=O)c1nccc(OC)c1O. The number of carbonyl (C=O) groups excluding carboxylic acids is 2. The first kappa shape index (κ1) is 26.1. The van der Waals surface area contributed by atoms with Crippen molar-refractivity contribution in [3.63, 3.8) is 0 Å². The van der Waals surface area contributed by atoms with Gasteiger partial charge in [-0.2, -0.15) is 0 Å². The summed E-state index contributed by atoms with van der Waals surface area (Å²) in [5.74, 6) is -2.07. The van der Waals surface area contributed by atoms with Crippen LogP contribution in [-0.2, 0) is 9.53 Å². The minimum atomic E-state index is -0.774. The number of carbonyl (C=O) groups is 2. The Morgan fingerprint density at radius 2 is 1.85 bits per heavy atom. The largest absolute Gasteiger partial charge is 0.503 e. The van der Waals surface area contributed by atoms with E-state index in [1.807, 2.05) is 13.8 Å². The Balaban J connectivity index is 2.09. The van der Waals surface area contributed by atoms with Gasteiger partial charge < -0.3 is 19.3 Å². The third-order valence-electron chi connectivity index (χ3n) is 5.61. The topological polar surface area (TPSA) is 95.0 Å². The maximum atomic E-state index is 13.6. The molecule has 1 N–H and O–H groups in total. The maximum absolute atomic E-state index is 13.6. The highest BCUT2D eigenvalue weighted by atomic mass is 19.1. The van der Waals surface area contributed by atoms with Crippen molar-refractivity contribution in [1.29, 1.82) is 0 Å². The smallest absolute Gasteiger partial charge is 0.309 e. The summed E-state index contributed by atoms with van der Waals surface area (Å²) in [5.41, 5.74) is -0.161. The van der Waals surface area contributed by atoms with Crippen molar-refractivity contribution in [3.05, 3.63) is 48.0 Å². The molecule has 33 heavy (non-hydrogen) atoms. The second kappa shape index (κ2) is 12.2. The molecule has 0 fully saturated rings. The molecule has 0 bridgehead atoms. The van der Waals surface area contributed by atoms with Gasteiger partial charge in [0.25, 0.3) is 0 Å². The van der Waals surface area contributed by atoms with Crippen LogP contribution in [-0.4, -0.2) is 41.2 Å². The van der Waals surface area contributed by atoms with Crippen molar-refractivity contribution in [2.24, 2.45) is 11.8 Å². The highest BCUT2D eigenvalue weighted by Crippen LogP contribution is 2.29. The average Bonchev–Trinajstić information content (AvgIpc) is 2.79. The molecule has 0 aliphatic rings. The van der Waals surface area contributed by atoms with E-state index in [0.29, 0.717) is 5.75 Å². The van der Waals surface area contributed by atoms with E-state index >= 15 is 0 Å². The number of ether oxygens (including phenoxy) is 3. The lowest BCUT2D eigenvalue weighted by Crippen LogP contribution is -2.40. The Hall–Kier alpha value is -3.16. The fourth-order valence-corrected chi connectivity index (χ4v) is 3.66. The lowest BCUT2D eigenvalue weighted by atomic mass is 9.92. The number of hydrogen-bond donors (Lipinski definition) is 1. The number of aromatic nitrogens is 1. The second-order valence-corrected chi connectivity index (χ2v) is 8.00. The third-order valence-corrected chi connectivity index (χ3v) is 5.61. The highest BCUT2D eigenvalue weighted by Gasteiger charge is 2.32. The lowest BCUT2D eigenvalue weighted by Gasteiger charge is -2.31. The number of rotatable bonds is 12. The van der Waals surface area contributed by atoms with E-state index in [2.05, 4.69) is 4.98 Å². The monoisotopic (exact) mass is 461 g/mol. The zero-order valence-corrected chi connectivity index (χ0v) is 19.7. The first-order valence-electron chi connectivity index (χ1n) is 11.1. The molecule has 0 saturated carbocycles. The summed E-state index contributed by atoms with van der Waals surface area (Å²) >= 11 is 0. The molecular weight excluding hydrogens is 429 g/mol. The van der Waals surface area contributed by atoms with E-state index in [-0.39, 0.29) is 29.5 Å². The number of aromatic hydroxyl groups is 1. The quantitative estimate of drug-likeness (QED) is 0.353. The lowest BCUT2D eigenvalue weighted by molar-refractivity contribution is -0.158. The van der Waals surface area contributed by atoms with Gasteiger partial charge in [0.1, 0.15) is 23.8 Å². The van der Waals surface area contributed by atoms with Crippen LogP contribution in [0.25, 0.3) is 0 Å². The van der Waals surface area contributed by atoms with Gasteiger partial charge in [-0.3, -0.25) is 9.59 Å². The number of nitrogens with zero attached hydrogens (tertiary/aromatic N) is 1. The molecule has 0 radical (unpaired) electrons. The van der Waals surface area contributed by atoms with Crippen LogP contribution in [0.2, 0.25) is 0 Å². The minimum Gasteiger partial charge on any atom is -0.503 e. The van der Waals surface area contributed by atoms with Gasteiger partial charge >= 0.3 is 5.97 Å². The van der Waals surface area contributed by atoms with Gasteiger partial charge in [0.15, 0.2) is 23.0 Å². The van der Waals surface area contributed by atoms with Crippen LogP contribution < -0.4 is 9.47 Å². The van der Waals surface area contributed by atoms with Crippen LogP contribution in [0.3, 0.4) is 0 Å². The number of pyridine rings is 1. The number of ketones is 1. The van der Waals surface area contributed by atoms with Crippen LogP contribution in [0.1, 0.15) is 57.4 Å². The Morgan fingerprint density at radius 1 is 1.15 bits per heavy atom.